The lowest BCUT2D eigenvalue weighted by atomic mass is 10.4. The number of sulfonamides is 1. The highest BCUT2D eigenvalue weighted by molar-refractivity contribution is 7.92. The van der Waals surface area contributed by atoms with Crippen molar-refractivity contribution in [3.8, 4) is 0 Å². The third-order valence-electron chi connectivity index (χ3n) is 2.08. The molecule has 2 aromatic heterocycles. The summed E-state index contributed by atoms with van der Waals surface area (Å²) in [6, 6.07) is 4.44. The Kier molecular flexibility index (Phi) is 3.47. The number of anilines is 2. The molecule has 0 aliphatic rings. The van der Waals surface area contributed by atoms with Crippen LogP contribution in [0.3, 0.4) is 0 Å². The van der Waals surface area contributed by atoms with E-state index in [2.05, 4.69) is 24.7 Å². The van der Waals surface area contributed by atoms with Crippen molar-refractivity contribution in [2.45, 2.75) is 11.8 Å². The summed E-state index contributed by atoms with van der Waals surface area (Å²) in [4.78, 5) is 4.05. The van der Waals surface area contributed by atoms with Gasteiger partial charge in [0.15, 0.2) is 5.82 Å². The number of pyridine rings is 1. The topological polar surface area (TPSA) is 97.1 Å². The quantitative estimate of drug-likeness (QED) is 0.848. The largest absolute Gasteiger partial charge is 0.369 e. The Balaban J connectivity index is 2.35. The van der Waals surface area contributed by atoms with E-state index in [4.69, 9.17) is 0 Å². The summed E-state index contributed by atoms with van der Waals surface area (Å²) in [5, 5.41) is 6.38. The molecular weight excluding hydrogens is 256 g/mol. The van der Waals surface area contributed by atoms with Gasteiger partial charge in [-0.15, -0.1) is 0 Å². The van der Waals surface area contributed by atoms with Gasteiger partial charge in [-0.05, 0) is 19.1 Å². The molecule has 2 heterocycles. The van der Waals surface area contributed by atoms with Crippen molar-refractivity contribution in [2.75, 3.05) is 16.6 Å². The predicted molar refractivity (Wildman–Crippen MR) is 65.7 cm³/mol. The zero-order valence-electron chi connectivity index (χ0n) is 9.62. The summed E-state index contributed by atoms with van der Waals surface area (Å²) in [7, 11) is -3.73. The number of hydrogen-bond donors (Lipinski definition) is 2. The molecular formula is C10H12N4O3S. The molecule has 0 saturated carbocycles. The van der Waals surface area contributed by atoms with Gasteiger partial charge >= 0.3 is 0 Å². The van der Waals surface area contributed by atoms with Gasteiger partial charge in [0.2, 0.25) is 0 Å². The van der Waals surface area contributed by atoms with E-state index in [-0.39, 0.29) is 10.7 Å². The summed E-state index contributed by atoms with van der Waals surface area (Å²) in [6.07, 6.45) is 2.80. The number of hydrogen-bond acceptors (Lipinski definition) is 6. The summed E-state index contributed by atoms with van der Waals surface area (Å²) < 4.78 is 31.1. The van der Waals surface area contributed by atoms with E-state index in [1.54, 1.807) is 6.07 Å². The zero-order valence-corrected chi connectivity index (χ0v) is 10.4. The van der Waals surface area contributed by atoms with Crippen molar-refractivity contribution in [1.82, 2.24) is 10.1 Å². The highest BCUT2D eigenvalue weighted by Crippen LogP contribution is 2.20. The van der Waals surface area contributed by atoms with Crippen molar-refractivity contribution >= 4 is 21.7 Å². The van der Waals surface area contributed by atoms with Crippen LogP contribution < -0.4 is 10.0 Å². The molecule has 0 aliphatic heterocycles. The van der Waals surface area contributed by atoms with Crippen LogP contribution in [0.15, 0.2) is 40.1 Å². The van der Waals surface area contributed by atoms with Crippen LogP contribution in [0, 0.1) is 0 Å². The first-order chi connectivity index (χ1) is 8.63. The van der Waals surface area contributed by atoms with Crippen molar-refractivity contribution in [3.63, 3.8) is 0 Å². The highest BCUT2D eigenvalue weighted by Gasteiger charge is 2.20. The molecule has 0 aromatic carbocycles. The molecule has 2 aromatic rings. The Bertz CT molecular complexity index is 610. The fraction of sp³-hybridized carbons (Fsp3) is 0.200. The third kappa shape index (κ3) is 2.59. The van der Waals surface area contributed by atoms with Crippen LogP contribution in [0.5, 0.6) is 0 Å². The molecule has 0 spiro atoms. The van der Waals surface area contributed by atoms with E-state index < -0.39 is 10.0 Å². The van der Waals surface area contributed by atoms with E-state index in [9.17, 15) is 8.42 Å². The molecule has 2 N–H and O–H groups in total. The molecule has 0 radical (unpaired) electrons. The Hall–Kier alpha value is -2.09. The average molecular weight is 268 g/mol. The predicted octanol–water partition coefficient (Wildman–Crippen LogP) is 1.30. The molecule has 96 valence electrons. The van der Waals surface area contributed by atoms with Crippen molar-refractivity contribution < 1.29 is 12.9 Å². The smallest absolute Gasteiger partial charge is 0.266 e. The van der Waals surface area contributed by atoms with Gasteiger partial charge in [0.1, 0.15) is 17.0 Å². The lowest BCUT2D eigenvalue weighted by Gasteiger charge is -2.10. The molecule has 0 aliphatic carbocycles. The maximum atomic E-state index is 12.1. The standard InChI is InChI=1S/C10H12N4O3S/c1-2-11-10-8(4-3-6-12-10)18(15,16)14-9-5-7-17-13-9/h3-7H,2H2,1H3,(H,11,12)(H,13,14). The molecule has 0 bridgehead atoms. The second kappa shape index (κ2) is 5.05. The Morgan fingerprint density at radius 3 is 2.89 bits per heavy atom. The second-order valence-corrected chi connectivity index (χ2v) is 5.02. The van der Waals surface area contributed by atoms with E-state index in [0.29, 0.717) is 12.4 Å². The minimum absolute atomic E-state index is 0.0647. The second-order valence-electron chi connectivity index (χ2n) is 3.37. The minimum Gasteiger partial charge on any atom is -0.369 e. The van der Waals surface area contributed by atoms with E-state index >= 15 is 0 Å². The van der Waals surface area contributed by atoms with Gasteiger partial charge in [0.25, 0.3) is 10.0 Å². The first-order valence-electron chi connectivity index (χ1n) is 5.25. The molecule has 0 amide bonds. The molecule has 2 rings (SSSR count). The Morgan fingerprint density at radius 1 is 1.39 bits per heavy atom. The number of nitrogens with zero attached hydrogens (tertiary/aromatic N) is 2. The summed E-state index contributed by atoms with van der Waals surface area (Å²) in [6.45, 7) is 2.43. The van der Waals surface area contributed by atoms with Crippen LogP contribution in [0.4, 0.5) is 11.6 Å². The van der Waals surface area contributed by atoms with Crippen LogP contribution in [-0.2, 0) is 10.0 Å². The summed E-state index contributed by atoms with van der Waals surface area (Å²) in [5.74, 6) is 0.428. The molecule has 8 heteroatoms. The van der Waals surface area contributed by atoms with Crippen molar-refractivity contribution in [2.24, 2.45) is 0 Å². The van der Waals surface area contributed by atoms with Crippen LogP contribution >= 0.6 is 0 Å². The van der Waals surface area contributed by atoms with Gasteiger partial charge in [-0.1, -0.05) is 5.16 Å². The molecule has 0 unspecified atom stereocenters. The van der Waals surface area contributed by atoms with Crippen LogP contribution in [0.2, 0.25) is 0 Å². The maximum Gasteiger partial charge on any atom is 0.266 e. The van der Waals surface area contributed by atoms with E-state index in [1.165, 1.54) is 24.6 Å². The normalized spacial score (nSPS) is 11.2. The van der Waals surface area contributed by atoms with Crippen molar-refractivity contribution in [1.29, 1.82) is 0 Å². The summed E-state index contributed by atoms with van der Waals surface area (Å²) >= 11 is 0. The average Bonchev–Trinajstić information content (AvgIpc) is 2.82. The fourth-order valence-electron chi connectivity index (χ4n) is 1.37. The third-order valence-corrected chi connectivity index (χ3v) is 3.47. The maximum absolute atomic E-state index is 12.1. The number of aromatic nitrogens is 2. The van der Waals surface area contributed by atoms with Crippen LogP contribution in [0.1, 0.15) is 6.92 Å². The first kappa shape index (κ1) is 12.4. The lowest BCUT2D eigenvalue weighted by Crippen LogP contribution is -2.16. The van der Waals surface area contributed by atoms with Gasteiger partial charge in [-0.2, -0.15) is 0 Å². The first-order valence-corrected chi connectivity index (χ1v) is 6.74. The minimum atomic E-state index is -3.73. The molecule has 0 fully saturated rings. The fourth-order valence-corrected chi connectivity index (χ4v) is 2.49. The van der Waals surface area contributed by atoms with Gasteiger partial charge in [-0.25, -0.2) is 13.4 Å². The lowest BCUT2D eigenvalue weighted by molar-refractivity contribution is 0.423. The van der Waals surface area contributed by atoms with Crippen LogP contribution in [0.25, 0.3) is 0 Å². The summed E-state index contributed by atoms with van der Waals surface area (Å²) in [5.41, 5.74) is 0. The zero-order chi connectivity index (χ0) is 13.0. The van der Waals surface area contributed by atoms with Gasteiger partial charge < -0.3 is 9.84 Å². The molecule has 0 atom stereocenters. The van der Waals surface area contributed by atoms with E-state index in [0.717, 1.165) is 0 Å². The monoisotopic (exact) mass is 268 g/mol. The van der Waals surface area contributed by atoms with Crippen molar-refractivity contribution in [3.05, 3.63) is 30.7 Å². The number of rotatable bonds is 5. The van der Waals surface area contributed by atoms with Gasteiger partial charge in [0.05, 0.1) is 0 Å². The molecule has 18 heavy (non-hydrogen) atoms. The van der Waals surface area contributed by atoms with E-state index in [1.807, 2.05) is 6.92 Å². The Labute approximate surface area is 104 Å². The molecule has 7 nitrogen and oxygen atoms in total. The molecule has 0 saturated heterocycles. The SMILES string of the molecule is CCNc1ncccc1S(=O)(=O)Nc1ccon1. The van der Waals surface area contributed by atoms with Gasteiger partial charge in [0, 0.05) is 18.8 Å². The van der Waals surface area contributed by atoms with Gasteiger partial charge in [-0.3, -0.25) is 4.72 Å². The number of nitrogens with one attached hydrogen (secondary N) is 2. The Morgan fingerprint density at radius 2 is 2.22 bits per heavy atom. The highest BCUT2D eigenvalue weighted by atomic mass is 32.2. The van der Waals surface area contributed by atoms with Crippen LogP contribution in [-0.4, -0.2) is 25.1 Å².